The standard InChI is InChI=1S/2C6H7N.3C2H6/c2*1-6-4-2-3-5-7-6;3*1-2/h2*2-5H,1H3;3*1-2H3. The maximum absolute atomic E-state index is 3.98. The summed E-state index contributed by atoms with van der Waals surface area (Å²) in [6, 6.07) is 11.7. The van der Waals surface area contributed by atoms with Crippen LogP contribution >= 0.6 is 0 Å². The van der Waals surface area contributed by atoms with Crippen molar-refractivity contribution in [3.63, 3.8) is 0 Å². The molecule has 2 heteroatoms. The van der Waals surface area contributed by atoms with E-state index in [-0.39, 0.29) is 0 Å². The number of nitrogens with zero attached hydrogens (tertiary/aromatic N) is 2. The first-order valence-electron chi connectivity index (χ1n) is 7.54. The Morgan fingerprint density at radius 2 is 0.850 bits per heavy atom. The molecule has 0 unspecified atom stereocenters. The van der Waals surface area contributed by atoms with Gasteiger partial charge in [0.1, 0.15) is 0 Å². The summed E-state index contributed by atoms with van der Waals surface area (Å²) in [5.74, 6) is 0. The van der Waals surface area contributed by atoms with Crippen molar-refractivity contribution in [3.8, 4) is 0 Å². The van der Waals surface area contributed by atoms with Gasteiger partial charge >= 0.3 is 0 Å². The van der Waals surface area contributed by atoms with Gasteiger partial charge in [0.15, 0.2) is 0 Å². The van der Waals surface area contributed by atoms with Gasteiger partial charge in [-0.1, -0.05) is 53.7 Å². The van der Waals surface area contributed by atoms with E-state index >= 15 is 0 Å². The van der Waals surface area contributed by atoms with E-state index in [4.69, 9.17) is 0 Å². The zero-order valence-corrected chi connectivity index (χ0v) is 14.5. The van der Waals surface area contributed by atoms with Gasteiger partial charge in [-0.15, -0.1) is 0 Å². The van der Waals surface area contributed by atoms with E-state index in [1.807, 2.05) is 91.8 Å². The molecule has 114 valence electrons. The van der Waals surface area contributed by atoms with E-state index in [0.717, 1.165) is 11.4 Å². The molecule has 2 heterocycles. The van der Waals surface area contributed by atoms with Gasteiger partial charge in [-0.25, -0.2) is 0 Å². The van der Waals surface area contributed by atoms with Crippen LogP contribution in [0, 0.1) is 13.8 Å². The molecule has 20 heavy (non-hydrogen) atoms. The van der Waals surface area contributed by atoms with Crippen LogP contribution in [0.1, 0.15) is 52.9 Å². The molecule has 2 nitrogen and oxygen atoms in total. The minimum absolute atomic E-state index is 1.07. The molecule has 2 aromatic rings. The minimum Gasteiger partial charge on any atom is -0.262 e. The molecule has 0 aromatic carbocycles. The first kappa shape index (κ1) is 23.4. The van der Waals surface area contributed by atoms with Gasteiger partial charge in [0, 0.05) is 23.8 Å². The van der Waals surface area contributed by atoms with Gasteiger partial charge in [0.25, 0.3) is 0 Å². The molecular weight excluding hydrogens is 244 g/mol. The fraction of sp³-hybridized carbons (Fsp3) is 0.444. The lowest BCUT2D eigenvalue weighted by Crippen LogP contribution is -1.72. The van der Waals surface area contributed by atoms with Gasteiger partial charge in [0.05, 0.1) is 0 Å². The molecule has 0 saturated heterocycles. The molecule has 0 aliphatic heterocycles. The van der Waals surface area contributed by atoms with Crippen molar-refractivity contribution in [1.29, 1.82) is 0 Å². The lowest BCUT2D eigenvalue weighted by Gasteiger charge is -1.82. The van der Waals surface area contributed by atoms with Crippen LogP contribution in [0.15, 0.2) is 48.8 Å². The fourth-order valence-electron chi connectivity index (χ4n) is 0.896. The van der Waals surface area contributed by atoms with Gasteiger partial charge in [0.2, 0.25) is 0 Å². The summed E-state index contributed by atoms with van der Waals surface area (Å²) in [5, 5.41) is 0. The molecule has 2 rings (SSSR count). The Balaban J connectivity index is -0.000000211. The van der Waals surface area contributed by atoms with Crippen LogP contribution < -0.4 is 0 Å². The van der Waals surface area contributed by atoms with Crippen LogP contribution in [0.2, 0.25) is 0 Å². The molecule has 0 saturated carbocycles. The first-order chi connectivity index (χ1) is 9.79. The van der Waals surface area contributed by atoms with E-state index in [9.17, 15) is 0 Å². The number of aromatic nitrogens is 2. The van der Waals surface area contributed by atoms with E-state index in [0.29, 0.717) is 0 Å². The van der Waals surface area contributed by atoms with Crippen molar-refractivity contribution in [1.82, 2.24) is 9.97 Å². The number of aryl methyl sites for hydroxylation is 2. The van der Waals surface area contributed by atoms with Crippen molar-refractivity contribution in [2.45, 2.75) is 55.4 Å². The molecule has 0 aliphatic rings. The number of hydrogen-bond donors (Lipinski definition) is 0. The van der Waals surface area contributed by atoms with E-state index in [1.54, 1.807) is 12.4 Å². The molecule has 0 aliphatic carbocycles. The number of rotatable bonds is 0. The highest BCUT2D eigenvalue weighted by molar-refractivity contribution is 5.00. The van der Waals surface area contributed by atoms with E-state index in [2.05, 4.69) is 9.97 Å². The van der Waals surface area contributed by atoms with Crippen LogP contribution in [0.4, 0.5) is 0 Å². The van der Waals surface area contributed by atoms with Crippen molar-refractivity contribution < 1.29 is 0 Å². The smallest absolute Gasteiger partial charge is 0.0372 e. The fourth-order valence-corrected chi connectivity index (χ4v) is 0.896. The Morgan fingerprint density at radius 1 is 0.550 bits per heavy atom. The van der Waals surface area contributed by atoms with Crippen LogP contribution in [-0.4, -0.2) is 9.97 Å². The first-order valence-corrected chi connectivity index (χ1v) is 7.54. The quantitative estimate of drug-likeness (QED) is 0.602. The second-order valence-corrected chi connectivity index (χ2v) is 2.94. The topological polar surface area (TPSA) is 25.8 Å². The monoisotopic (exact) mass is 276 g/mol. The lowest BCUT2D eigenvalue weighted by molar-refractivity contribution is 1.20. The SMILES string of the molecule is CC.CC.CC.Cc1ccccn1.Cc1ccccn1. The molecule has 2 aromatic heterocycles. The Kier molecular flexibility index (Phi) is 26.3. The van der Waals surface area contributed by atoms with E-state index in [1.165, 1.54) is 0 Å². The molecular formula is C18H32N2. The molecule has 0 atom stereocenters. The lowest BCUT2D eigenvalue weighted by atomic mass is 10.4. The molecule has 0 fully saturated rings. The number of pyridine rings is 2. The third kappa shape index (κ3) is 18.7. The van der Waals surface area contributed by atoms with Gasteiger partial charge in [-0.2, -0.15) is 0 Å². The van der Waals surface area contributed by atoms with Crippen LogP contribution in [-0.2, 0) is 0 Å². The minimum atomic E-state index is 1.07. The molecule has 0 amide bonds. The second kappa shape index (κ2) is 22.5. The third-order valence-corrected chi connectivity index (χ3v) is 1.63. The molecule has 0 N–H and O–H groups in total. The summed E-state index contributed by atoms with van der Waals surface area (Å²) in [4.78, 5) is 7.96. The average molecular weight is 276 g/mol. The molecule has 0 spiro atoms. The largest absolute Gasteiger partial charge is 0.262 e. The molecule has 0 bridgehead atoms. The number of hydrogen-bond acceptors (Lipinski definition) is 2. The summed E-state index contributed by atoms with van der Waals surface area (Å²) in [6.45, 7) is 15.9. The maximum atomic E-state index is 3.98. The Labute approximate surface area is 126 Å². The van der Waals surface area contributed by atoms with Crippen LogP contribution in [0.3, 0.4) is 0 Å². The van der Waals surface area contributed by atoms with Crippen molar-refractivity contribution in [2.24, 2.45) is 0 Å². The van der Waals surface area contributed by atoms with Gasteiger partial charge < -0.3 is 0 Å². The maximum Gasteiger partial charge on any atom is 0.0372 e. The Bertz CT molecular complexity index is 307. The summed E-state index contributed by atoms with van der Waals surface area (Å²) in [5.41, 5.74) is 2.14. The Hall–Kier alpha value is -1.70. The second-order valence-electron chi connectivity index (χ2n) is 2.94. The summed E-state index contributed by atoms with van der Waals surface area (Å²) in [7, 11) is 0. The van der Waals surface area contributed by atoms with Crippen LogP contribution in [0.5, 0.6) is 0 Å². The molecule has 0 radical (unpaired) electrons. The zero-order valence-electron chi connectivity index (χ0n) is 14.5. The predicted molar refractivity (Wildman–Crippen MR) is 92.0 cm³/mol. The van der Waals surface area contributed by atoms with Crippen molar-refractivity contribution >= 4 is 0 Å². The van der Waals surface area contributed by atoms with Crippen molar-refractivity contribution in [2.75, 3.05) is 0 Å². The predicted octanol–water partition coefficient (Wildman–Crippen LogP) is 5.86. The van der Waals surface area contributed by atoms with Gasteiger partial charge in [-0.05, 0) is 38.1 Å². The summed E-state index contributed by atoms with van der Waals surface area (Å²) >= 11 is 0. The van der Waals surface area contributed by atoms with Crippen LogP contribution in [0.25, 0.3) is 0 Å². The highest BCUT2D eigenvalue weighted by Gasteiger charge is 1.74. The Morgan fingerprint density at radius 3 is 0.950 bits per heavy atom. The average Bonchev–Trinajstić information content (AvgIpc) is 2.55. The normalized spacial score (nSPS) is 7.00. The summed E-state index contributed by atoms with van der Waals surface area (Å²) in [6.07, 6.45) is 3.57. The van der Waals surface area contributed by atoms with Crippen molar-refractivity contribution in [3.05, 3.63) is 60.2 Å². The summed E-state index contributed by atoms with van der Waals surface area (Å²) < 4.78 is 0. The highest BCUT2D eigenvalue weighted by Crippen LogP contribution is 1.86. The van der Waals surface area contributed by atoms with Gasteiger partial charge in [-0.3, -0.25) is 9.97 Å². The highest BCUT2D eigenvalue weighted by atomic mass is 14.6. The third-order valence-electron chi connectivity index (χ3n) is 1.63. The zero-order chi connectivity index (χ0) is 16.2. The van der Waals surface area contributed by atoms with E-state index < -0.39 is 0 Å².